The third-order valence-electron chi connectivity index (χ3n) is 4.71. The standard InChI is InChI=1S/C24H21N3O2S/c1-16-12-13-19-21(14-16)30-24(26-19)27-23(29)20(15-17-8-4-2-5-9-17)25-22(28)18-10-6-3-7-11-18/h2-14,20H,15H2,1H3,(H,25,28)(H,26,27,29). The van der Waals surface area contributed by atoms with E-state index in [1.807, 2.05) is 61.5 Å². The van der Waals surface area contributed by atoms with Crippen LogP contribution in [0.2, 0.25) is 0 Å². The number of nitrogens with one attached hydrogen (secondary N) is 2. The molecule has 4 aromatic rings. The Labute approximate surface area is 178 Å². The second kappa shape index (κ2) is 8.88. The van der Waals surface area contributed by atoms with Crippen molar-refractivity contribution in [3.05, 3.63) is 95.6 Å². The molecule has 0 aliphatic rings. The van der Waals surface area contributed by atoms with Crippen molar-refractivity contribution in [2.45, 2.75) is 19.4 Å². The molecule has 150 valence electrons. The first kappa shape index (κ1) is 19.8. The Morgan fingerprint density at radius 2 is 1.67 bits per heavy atom. The van der Waals surface area contributed by atoms with E-state index in [4.69, 9.17) is 0 Å². The lowest BCUT2D eigenvalue weighted by atomic mass is 10.0. The van der Waals surface area contributed by atoms with Gasteiger partial charge in [0.2, 0.25) is 5.91 Å². The molecule has 0 radical (unpaired) electrons. The highest BCUT2D eigenvalue weighted by atomic mass is 32.1. The predicted octanol–water partition coefficient (Wildman–Crippen LogP) is 4.58. The van der Waals surface area contributed by atoms with Gasteiger partial charge < -0.3 is 10.6 Å². The van der Waals surface area contributed by atoms with Crippen LogP contribution < -0.4 is 10.6 Å². The fourth-order valence-corrected chi connectivity index (χ4v) is 4.13. The van der Waals surface area contributed by atoms with Crippen LogP contribution >= 0.6 is 11.3 Å². The van der Waals surface area contributed by atoms with Gasteiger partial charge in [-0.1, -0.05) is 65.9 Å². The number of nitrogens with zero attached hydrogens (tertiary/aromatic N) is 1. The highest BCUT2D eigenvalue weighted by molar-refractivity contribution is 7.22. The van der Waals surface area contributed by atoms with Crippen molar-refractivity contribution in [2.24, 2.45) is 0 Å². The molecule has 4 rings (SSSR count). The van der Waals surface area contributed by atoms with Crippen LogP contribution in [0, 0.1) is 6.92 Å². The third kappa shape index (κ3) is 4.72. The molecule has 1 aromatic heterocycles. The van der Waals surface area contributed by atoms with E-state index in [-0.39, 0.29) is 11.8 Å². The minimum atomic E-state index is -0.728. The molecule has 3 aromatic carbocycles. The minimum absolute atomic E-state index is 0.286. The summed E-state index contributed by atoms with van der Waals surface area (Å²) in [5.74, 6) is -0.578. The first-order valence-corrected chi connectivity index (χ1v) is 10.5. The van der Waals surface area contributed by atoms with Gasteiger partial charge in [-0.05, 0) is 42.3 Å². The summed E-state index contributed by atoms with van der Waals surface area (Å²) in [7, 11) is 0. The minimum Gasteiger partial charge on any atom is -0.340 e. The van der Waals surface area contributed by atoms with Crippen molar-refractivity contribution in [2.75, 3.05) is 5.32 Å². The maximum Gasteiger partial charge on any atom is 0.251 e. The molecule has 2 amide bonds. The lowest BCUT2D eigenvalue weighted by Gasteiger charge is -2.18. The SMILES string of the molecule is Cc1ccc2nc(NC(=O)C(Cc3ccccc3)NC(=O)c3ccccc3)sc2c1. The summed E-state index contributed by atoms with van der Waals surface area (Å²) in [5, 5.41) is 6.27. The highest BCUT2D eigenvalue weighted by Gasteiger charge is 2.23. The van der Waals surface area contributed by atoms with E-state index in [1.165, 1.54) is 11.3 Å². The zero-order valence-corrected chi connectivity index (χ0v) is 17.3. The summed E-state index contributed by atoms with van der Waals surface area (Å²) < 4.78 is 1.01. The Morgan fingerprint density at radius 3 is 2.40 bits per heavy atom. The molecule has 0 bridgehead atoms. The van der Waals surface area contributed by atoms with Crippen LogP contribution in [0.4, 0.5) is 5.13 Å². The maximum absolute atomic E-state index is 13.1. The molecule has 0 saturated carbocycles. The number of carbonyl (C=O) groups excluding carboxylic acids is 2. The van der Waals surface area contributed by atoms with Gasteiger partial charge in [-0.15, -0.1) is 0 Å². The van der Waals surface area contributed by atoms with Crippen LogP contribution in [-0.2, 0) is 11.2 Å². The van der Waals surface area contributed by atoms with Gasteiger partial charge in [-0.3, -0.25) is 9.59 Å². The monoisotopic (exact) mass is 415 g/mol. The average molecular weight is 416 g/mol. The van der Waals surface area contributed by atoms with Crippen molar-refractivity contribution in [3.8, 4) is 0 Å². The van der Waals surface area contributed by atoms with Crippen LogP contribution in [0.3, 0.4) is 0 Å². The molecule has 2 N–H and O–H groups in total. The zero-order valence-electron chi connectivity index (χ0n) is 16.5. The number of thiazole rings is 1. The van der Waals surface area contributed by atoms with Crippen LogP contribution in [0.25, 0.3) is 10.2 Å². The Morgan fingerprint density at radius 1 is 0.967 bits per heavy atom. The molecular weight excluding hydrogens is 394 g/mol. The fourth-order valence-electron chi connectivity index (χ4n) is 3.17. The van der Waals surface area contributed by atoms with E-state index in [9.17, 15) is 9.59 Å². The van der Waals surface area contributed by atoms with Crippen LogP contribution in [-0.4, -0.2) is 22.8 Å². The lowest BCUT2D eigenvalue weighted by molar-refractivity contribution is -0.118. The van der Waals surface area contributed by atoms with Crippen LogP contribution in [0.5, 0.6) is 0 Å². The number of fused-ring (bicyclic) bond motifs is 1. The van der Waals surface area contributed by atoms with Gasteiger partial charge in [0, 0.05) is 12.0 Å². The number of aryl methyl sites for hydroxylation is 1. The lowest BCUT2D eigenvalue weighted by Crippen LogP contribution is -2.45. The number of aromatic nitrogens is 1. The molecule has 0 aliphatic heterocycles. The molecule has 1 unspecified atom stereocenters. The van der Waals surface area contributed by atoms with Gasteiger partial charge in [0.05, 0.1) is 10.2 Å². The summed E-state index contributed by atoms with van der Waals surface area (Å²) in [5.41, 5.74) is 3.46. The molecule has 0 saturated heterocycles. The van der Waals surface area contributed by atoms with Crippen molar-refractivity contribution in [1.82, 2.24) is 10.3 Å². The summed E-state index contributed by atoms with van der Waals surface area (Å²) >= 11 is 1.42. The van der Waals surface area contributed by atoms with Crippen molar-refractivity contribution in [3.63, 3.8) is 0 Å². The largest absolute Gasteiger partial charge is 0.340 e. The Bertz CT molecular complexity index is 1170. The Balaban J connectivity index is 1.55. The molecule has 5 nitrogen and oxygen atoms in total. The summed E-state index contributed by atoms with van der Waals surface area (Å²) in [6.07, 6.45) is 0.384. The molecular formula is C24H21N3O2S. The second-order valence-electron chi connectivity index (χ2n) is 7.06. The number of anilines is 1. The first-order chi connectivity index (χ1) is 14.6. The summed E-state index contributed by atoms with van der Waals surface area (Å²) in [6, 6.07) is 23.8. The predicted molar refractivity (Wildman–Crippen MR) is 121 cm³/mol. The van der Waals surface area contributed by atoms with Crippen LogP contribution in [0.1, 0.15) is 21.5 Å². The Kier molecular flexibility index (Phi) is 5.86. The second-order valence-corrected chi connectivity index (χ2v) is 8.09. The van der Waals surface area contributed by atoms with E-state index < -0.39 is 6.04 Å². The molecule has 0 aliphatic carbocycles. The number of benzene rings is 3. The number of rotatable bonds is 6. The molecule has 1 atom stereocenters. The van der Waals surface area contributed by atoms with Gasteiger partial charge >= 0.3 is 0 Å². The summed E-state index contributed by atoms with van der Waals surface area (Å²) in [6.45, 7) is 2.02. The van der Waals surface area contributed by atoms with E-state index in [0.29, 0.717) is 17.1 Å². The third-order valence-corrected chi connectivity index (χ3v) is 5.65. The fraction of sp³-hybridized carbons (Fsp3) is 0.125. The zero-order chi connectivity index (χ0) is 20.9. The highest BCUT2D eigenvalue weighted by Crippen LogP contribution is 2.26. The number of carbonyl (C=O) groups is 2. The average Bonchev–Trinajstić information content (AvgIpc) is 3.15. The van der Waals surface area contributed by atoms with Gasteiger partial charge in [-0.25, -0.2) is 4.98 Å². The molecule has 0 fully saturated rings. The molecule has 6 heteroatoms. The van der Waals surface area contributed by atoms with E-state index in [1.54, 1.807) is 24.3 Å². The number of hydrogen-bond donors (Lipinski definition) is 2. The number of hydrogen-bond acceptors (Lipinski definition) is 4. The van der Waals surface area contributed by atoms with E-state index >= 15 is 0 Å². The van der Waals surface area contributed by atoms with E-state index in [2.05, 4.69) is 15.6 Å². The smallest absolute Gasteiger partial charge is 0.251 e. The first-order valence-electron chi connectivity index (χ1n) is 9.66. The van der Waals surface area contributed by atoms with Crippen molar-refractivity contribution in [1.29, 1.82) is 0 Å². The van der Waals surface area contributed by atoms with Gasteiger partial charge in [0.1, 0.15) is 6.04 Å². The Hall–Kier alpha value is -3.51. The molecule has 30 heavy (non-hydrogen) atoms. The van der Waals surface area contributed by atoms with Gasteiger partial charge in [0.15, 0.2) is 5.13 Å². The van der Waals surface area contributed by atoms with E-state index in [0.717, 1.165) is 21.3 Å². The van der Waals surface area contributed by atoms with Crippen molar-refractivity contribution < 1.29 is 9.59 Å². The normalized spacial score (nSPS) is 11.8. The topological polar surface area (TPSA) is 71.1 Å². The van der Waals surface area contributed by atoms with Gasteiger partial charge in [0.25, 0.3) is 5.91 Å². The van der Waals surface area contributed by atoms with Gasteiger partial charge in [-0.2, -0.15) is 0 Å². The van der Waals surface area contributed by atoms with Crippen LogP contribution in [0.15, 0.2) is 78.9 Å². The quantitative estimate of drug-likeness (QED) is 0.484. The maximum atomic E-state index is 13.1. The van der Waals surface area contributed by atoms with Crippen molar-refractivity contribution >= 4 is 38.5 Å². The molecule has 0 spiro atoms. The number of amides is 2. The molecule has 1 heterocycles. The summed E-state index contributed by atoms with van der Waals surface area (Å²) in [4.78, 5) is 30.2.